The summed E-state index contributed by atoms with van der Waals surface area (Å²) in [5.74, 6) is 1.54. The van der Waals surface area contributed by atoms with Crippen LogP contribution in [0.15, 0.2) is 39.6 Å². The summed E-state index contributed by atoms with van der Waals surface area (Å²) in [4.78, 5) is 12.2. The van der Waals surface area contributed by atoms with E-state index < -0.39 is 0 Å². The van der Waals surface area contributed by atoms with E-state index in [4.69, 9.17) is 9.15 Å². The minimum Gasteiger partial charge on any atom is -0.479 e. The number of carbonyl (C=O) groups is 1. The number of ether oxygens (including phenoxy) is 1. The molecule has 3 heterocycles. The van der Waals surface area contributed by atoms with Crippen molar-refractivity contribution in [2.24, 2.45) is 7.05 Å². The summed E-state index contributed by atoms with van der Waals surface area (Å²) in [6.07, 6.45) is 1.62. The molecule has 0 aliphatic heterocycles. The van der Waals surface area contributed by atoms with Gasteiger partial charge in [0.15, 0.2) is 0 Å². The van der Waals surface area contributed by atoms with Crippen LogP contribution in [0.3, 0.4) is 0 Å². The Hall–Kier alpha value is -2.54. The highest BCUT2D eigenvalue weighted by Crippen LogP contribution is 2.24. The van der Waals surface area contributed by atoms with Gasteiger partial charge in [0, 0.05) is 24.2 Å². The van der Waals surface area contributed by atoms with Gasteiger partial charge >= 0.3 is 0 Å². The average Bonchev–Trinajstić information content (AvgIpc) is 3.24. The third-order valence-corrected chi connectivity index (χ3v) is 3.81. The monoisotopic (exact) mass is 317 g/mol. The van der Waals surface area contributed by atoms with Crippen molar-refractivity contribution in [2.75, 3.05) is 7.11 Å². The molecule has 7 heteroatoms. The molecule has 0 saturated carbocycles. The number of aromatic nitrogens is 2. The lowest BCUT2D eigenvalue weighted by molar-refractivity contribution is 0.0945. The number of hydrogen-bond acceptors (Lipinski definition) is 5. The number of aryl methyl sites for hydroxylation is 1. The molecule has 0 unspecified atom stereocenters. The molecule has 0 aromatic carbocycles. The third kappa shape index (κ3) is 2.89. The Morgan fingerprint density at radius 2 is 2.32 bits per heavy atom. The molecule has 22 heavy (non-hydrogen) atoms. The lowest BCUT2D eigenvalue weighted by Crippen LogP contribution is -2.22. The van der Waals surface area contributed by atoms with E-state index in [9.17, 15) is 4.79 Å². The molecular formula is C15H15N3O3S. The van der Waals surface area contributed by atoms with Crippen LogP contribution in [0.5, 0.6) is 5.88 Å². The number of thiophene rings is 1. The molecule has 3 aromatic heterocycles. The molecule has 6 nitrogen and oxygen atoms in total. The summed E-state index contributed by atoms with van der Waals surface area (Å²) >= 11 is 1.61. The highest BCUT2D eigenvalue weighted by molar-refractivity contribution is 7.08. The number of hydrogen-bond donors (Lipinski definition) is 1. The number of amides is 1. The molecule has 0 fully saturated rings. The van der Waals surface area contributed by atoms with Crippen LogP contribution in [-0.2, 0) is 13.6 Å². The zero-order chi connectivity index (χ0) is 15.5. The number of carbonyl (C=O) groups excluding carboxylic acids is 1. The van der Waals surface area contributed by atoms with E-state index in [1.807, 2.05) is 29.0 Å². The normalized spacial score (nSPS) is 10.6. The van der Waals surface area contributed by atoms with E-state index in [1.165, 1.54) is 11.8 Å². The van der Waals surface area contributed by atoms with Gasteiger partial charge in [-0.3, -0.25) is 9.48 Å². The van der Waals surface area contributed by atoms with Crippen molar-refractivity contribution >= 4 is 17.2 Å². The van der Waals surface area contributed by atoms with E-state index in [2.05, 4.69) is 10.4 Å². The van der Waals surface area contributed by atoms with Crippen LogP contribution in [0.1, 0.15) is 16.1 Å². The van der Waals surface area contributed by atoms with E-state index in [0.29, 0.717) is 23.7 Å². The molecule has 3 rings (SSSR count). The molecule has 0 bridgehead atoms. The quantitative estimate of drug-likeness (QED) is 0.785. The van der Waals surface area contributed by atoms with Crippen LogP contribution in [0.4, 0.5) is 0 Å². The summed E-state index contributed by atoms with van der Waals surface area (Å²) in [5.41, 5.74) is 1.44. The standard InChI is InChI=1S/C15H15N3O3S/c1-18-8-12(15(17-18)20-2)14(19)16-7-11-3-4-13(21-11)10-5-6-22-9-10/h3-6,8-9H,7H2,1-2H3,(H,16,19). The van der Waals surface area contributed by atoms with Crippen molar-refractivity contribution in [2.45, 2.75) is 6.54 Å². The first-order valence-corrected chi connectivity index (χ1v) is 7.59. The smallest absolute Gasteiger partial charge is 0.258 e. The summed E-state index contributed by atoms with van der Waals surface area (Å²) in [7, 11) is 3.22. The summed E-state index contributed by atoms with van der Waals surface area (Å²) in [6.45, 7) is 0.307. The zero-order valence-electron chi connectivity index (χ0n) is 12.2. The fourth-order valence-electron chi connectivity index (χ4n) is 2.07. The van der Waals surface area contributed by atoms with Crippen LogP contribution in [0.25, 0.3) is 11.3 Å². The first-order chi connectivity index (χ1) is 10.7. The predicted octanol–water partition coefficient (Wildman–Crippen LogP) is 2.68. The van der Waals surface area contributed by atoms with Crippen LogP contribution in [-0.4, -0.2) is 22.8 Å². The first kappa shape index (κ1) is 14.4. The van der Waals surface area contributed by atoms with Crippen molar-refractivity contribution in [1.29, 1.82) is 0 Å². The number of nitrogens with one attached hydrogen (secondary N) is 1. The Labute approximate surface area is 131 Å². The second kappa shape index (κ2) is 6.07. The second-order valence-corrected chi connectivity index (χ2v) is 5.47. The van der Waals surface area contributed by atoms with Gasteiger partial charge < -0.3 is 14.5 Å². The van der Waals surface area contributed by atoms with Gasteiger partial charge in [-0.2, -0.15) is 11.3 Å². The maximum Gasteiger partial charge on any atom is 0.258 e. The number of rotatable bonds is 5. The Morgan fingerprint density at radius 3 is 3.05 bits per heavy atom. The highest BCUT2D eigenvalue weighted by atomic mass is 32.1. The van der Waals surface area contributed by atoms with Gasteiger partial charge in [-0.25, -0.2) is 0 Å². The molecule has 114 valence electrons. The molecular weight excluding hydrogens is 302 g/mol. The molecule has 0 saturated heterocycles. The van der Waals surface area contributed by atoms with Gasteiger partial charge in [-0.1, -0.05) is 0 Å². The average molecular weight is 317 g/mol. The maximum absolute atomic E-state index is 12.2. The molecule has 0 aliphatic carbocycles. The number of nitrogens with zero attached hydrogens (tertiary/aromatic N) is 2. The van der Waals surface area contributed by atoms with Crippen molar-refractivity contribution in [3.05, 3.63) is 46.5 Å². The fourth-order valence-corrected chi connectivity index (χ4v) is 2.72. The second-order valence-electron chi connectivity index (χ2n) is 4.69. The minimum absolute atomic E-state index is 0.251. The lowest BCUT2D eigenvalue weighted by atomic mass is 10.3. The van der Waals surface area contributed by atoms with Crippen LogP contribution >= 0.6 is 11.3 Å². The highest BCUT2D eigenvalue weighted by Gasteiger charge is 2.16. The maximum atomic E-state index is 12.2. The first-order valence-electron chi connectivity index (χ1n) is 6.64. The number of furan rings is 1. The zero-order valence-corrected chi connectivity index (χ0v) is 13.0. The lowest BCUT2D eigenvalue weighted by Gasteiger charge is -2.02. The molecule has 1 amide bonds. The summed E-state index contributed by atoms with van der Waals surface area (Å²) < 4.78 is 12.3. The van der Waals surface area contributed by atoms with Crippen LogP contribution in [0, 0.1) is 0 Å². The Kier molecular flexibility index (Phi) is 3.97. The topological polar surface area (TPSA) is 69.3 Å². The van der Waals surface area contributed by atoms with Gasteiger partial charge in [0.25, 0.3) is 5.91 Å². The summed E-state index contributed by atoms with van der Waals surface area (Å²) in [5, 5.41) is 10.9. The molecule has 0 aliphatic rings. The SMILES string of the molecule is COc1nn(C)cc1C(=O)NCc1ccc(-c2ccsc2)o1. The van der Waals surface area contributed by atoms with Gasteiger partial charge in [0.05, 0.1) is 13.7 Å². The van der Waals surface area contributed by atoms with Gasteiger partial charge in [0.1, 0.15) is 17.1 Å². The summed E-state index contributed by atoms with van der Waals surface area (Å²) in [6, 6.07) is 5.74. The van der Waals surface area contributed by atoms with Crippen molar-refractivity contribution in [3.63, 3.8) is 0 Å². The minimum atomic E-state index is -0.251. The molecule has 1 N–H and O–H groups in total. The Bertz CT molecular complexity index is 774. The van der Waals surface area contributed by atoms with Gasteiger partial charge in [0.2, 0.25) is 5.88 Å². The van der Waals surface area contributed by atoms with Gasteiger partial charge in [-0.15, -0.1) is 5.10 Å². The van der Waals surface area contributed by atoms with E-state index in [-0.39, 0.29) is 5.91 Å². The van der Waals surface area contributed by atoms with Crippen LogP contribution in [0.2, 0.25) is 0 Å². The largest absolute Gasteiger partial charge is 0.479 e. The van der Waals surface area contributed by atoms with Crippen molar-refractivity contribution in [3.8, 4) is 17.2 Å². The molecule has 0 spiro atoms. The van der Waals surface area contributed by atoms with Gasteiger partial charge in [-0.05, 0) is 23.6 Å². The van der Waals surface area contributed by atoms with E-state index in [1.54, 1.807) is 24.6 Å². The van der Waals surface area contributed by atoms with Crippen molar-refractivity contribution < 1.29 is 13.9 Å². The Morgan fingerprint density at radius 1 is 1.45 bits per heavy atom. The predicted molar refractivity (Wildman–Crippen MR) is 83.0 cm³/mol. The van der Waals surface area contributed by atoms with E-state index >= 15 is 0 Å². The molecule has 3 aromatic rings. The van der Waals surface area contributed by atoms with Crippen LogP contribution < -0.4 is 10.1 Å². The fraction of sp³-hybridized carbons (Fsp3) is 0.200. The molecule has 0 radical (unpaired) electrons. The number of methoxy groups -OCH3 is 1. The molecule has 0 atom stereocenters. The van der Waals surface area contributed by atoms with E-state index in [0.717, 1.165) is 11.3 Å². The Balaban J connectivity index is 1.66. The van der Waals surface area contributed by atoms with Crippen molar-refractivity contribution in [1.82, 2.24) is 15.1 Å². The third-order valence-electron chi connectivity index (χ3n) is 3.12.